The van der Waals surface area contributed by atoms with Crippen LogP contribution in [0.25, 0.3) is 0 Å². The van der Waals surface area contributed by atoms with E-state index in [2.05, 4.69) is 0 Å². The first-order chi connectivity index (χ1) is 6.74. The third-order valence-corrected chi connectivity index (χ3v) is 1.98. The fourth-order valence-electron chi connectivity index (χ4n) is 1.15. The first kappa shape index (κ1) is 10.9. The van der Waals surface area contributed by atoms with Crippen molar-refractivity contribution in [1.82, 2.24) is 0 Å². The Bertz CT molecular complexity index is 269. The molecule has 0 radical (unpaired) electrons. The summed E-state index contributed by atoms with van der Waals surface area (Å²) in [5.41, 5.74) is 6.32. The molecule has 1 rings (SSSR count). The average molecular weight is 197 g/mol. The van der Waals surface area contributed by atoms with Gasteiger partial charge in [0.2, 0.25) is 0 Å². The van der Waals surface area contributed by atoms with Crippen molar-refractivity contribution in [3.05, 3.63) is 24.2 Å². The number of methoxy groups -OCH3 is 1. The molecule has 4 heteroatoms. The van der Waals surface area contributed by atoms with Gasteiger partial charge in [0.25, 0.3) is 0 Å². The average Bonchev–Trinajstić information content (AvgIpc) is 2.67. The number of hydrogen-bond acceptors (Lipinski definition) is 4. The molecule has 14 heavy (non-hydrogen) atoms. The van der Waals surface area contributed by atoms with Crippen molar-refractivity contribution in [3.8, 4) is 0 Å². The van der Waals surface area contributed by atoms with Gasteiger partial charge in [-0.3, -0.25) is 4.79 Å². The Morgan fingerprint density at radius 2 is 2.50 bits per heavy atom. The highest BCUT2D eigenvalue weighted by molar-refractivity contribution is 5.96. The van der Waals surface area contributed by atoms with Crippen LogP contribution >= 0.6 is 0 Å². The van der Waals surface area contributed by atoms with Crippen LogP contribution in [0.15, 0.2) is 23.0 Å². The largest absolute Gasteiger partial charge is 0.472 e. The first-order valence-corrected chi connectivity index (χ1v) is 4.54. The van der Waals surface area contributed by atoms with Crippen molar-refractivity contribution in [3.63, 3.8) is 0 Å². The van der Waals surface area contributed by atoms with Gasteiger partial charge >= 0.3 is 0 Å². The lowest BCUT2D eigenvalue weighted by molar-refractivity contribution is 0.0966. The second-order valence-electron chi connectivity index (χ2n) is 3.18. The smallest absolute Gasteiger partial charge is 0.167 e. The minimum Gasteiger partial charge on any atom is -0.472 e. The van der Waals surface area contributed by atoms with Crippen LogP contribution in [-0.4, -0.2) is 25.5 Å². The molecule has 0 aromatic carbocycles. The molecule has 0 aliphatic rings. The van der Waals surface area contributed by atoms with E-state index in [0.717, 1.165) is 0 Å². The van der Waals surface area contributed by atoms with E-state index in [0.29, 0.717) is 25.0 Å². The number of ether oxygens (including phenoxy) is 1. The molecule has 4 nitrogen and oxygen atoms in total. The first-order valence-electron chi connectivity index (χ1n) is 4.54. The van der Waals surface area contributed by atoms with E-state index in [9.17, 15) is 4.79 Å². The van der Waals surface area contributed by atoms with Crippen LogP contribution in [0.4, 0.5) is 0 Å². The molecule has 0 bridgehead atoms. The maximum absolute atomic E-state index is 11.5. The number of hydrogen-bond donors (Lipinski definition) is 1. The lowest BCUT2D eigenvalue weighted by atomic mass is 10.1. The standard InChI is InChI=1S/C10H15NO3/c1-13-4-3-9(11)6-10(12)8-2-5-14-7-8/h2,5,7,9H,3-4,6,11H2,1H3. The molecule has 0 fully saturated rings. The summed E-state index contributed by atoms with van der Waals surface area (Å²) in [6, 6.07) is 1.50. The fourth-order valence-corrected chi connectivity index (χ4v) is 1.15. The number of carbonyl (C=O) groups is 1. The number of Topliss-reactive ketones (excluding diaryl/α,β-unsaturated/α-hetero) is 1. The minimum atomic E-state index is -0.141. The van der Waals surface area contributed by atoms with Crippen molar-refractivity contribution in [2.24, 2.45) is 5.73 Å². The van der Waals surface area contributed by atoms with Crippen LogP contribution in [0.1, 0.15) is 23.2 Å². The van der Waals surface area contributed by atoms with Crippen LogP contribution in [0.3, 0.4) is 0 Å². The number of nitrogens with two attached hydrogens (primary N) is 1. The van der Waals surface area contributed by atoms with Crippen molar-refractivity contribution >= 4 is 5.78 Å². The molecule has 1 unspecified atom stereocenters. The zero-order valence-corrected chi connectivity index (χ0v) is 8.23. The van der Waals surface area contributed by atoms with E-state index >= 15 is 0 Å². The summed E-state index contributed by atoms with van der Waals surface area (Å²) < 4.78 is 9.69. The molecule has 0 aliphatic heterocycles. The Labute approximate surface area is 83.0 Å². The Hall–Kier alpha value is -1.13. The van der Waals surface area contributed by atoms with Crippen LogP contribution in [0.2, 0.25) is 0 Å². The normalized spacial score (nSPS) is 12.7. The van der Waals surface area contributed by atoms with Crippen molar-refractivity contribution < 1.29 is 13.9 Å². The van der Waals surface area contributed by atoms with E-state index < -0.39 is 0 Å². The number of ketones is 1. The molecule has 1 aromatic rings. The summed E-state index contributed by atoms with van der Waals surface area (Å²) in [6.45, 7) is 0.583. The monoisotopic (exact) mass is 197 g/mol. The van der Waals surface area contributed by atoms with Crippen LogP contribution < -0.4 is 5.73 Å². The van der Waals surface area contributed by atoms with Crippen LogP contribution in [-0.2, 0) is 4.74 Å². The van der Waals surface area contributed by atoms with Gasteiger partial charge in [0.05, 0.1) is 11.8 Å². The summed E-state index contributed by atoms with van der Waals surface area (Å²) >= 11 is 0. The molecule has 78 valence electrons. The Morgan fingerprint density at radius 3 is 3.07 bits per heavy atom. The molecule has 1 aromatic heterocycles. The van der Waals surface area contributed by atoms with E-state index in [1.54, 1.807) is 13.2 Å². The molecular formula is C10H15NO3. The zero-order valence-electron chi connectivity index (χ0n) is 8.23. The topological polar surface area (TPSA) is 65.5 Å². The van der Waals surface area contributed by atoms with E-state index in [4.69, 9.17) is 14.9 Å². The van der Waals surface area contributed by atoms with Crippen molar-refractivity contribution in [2.75, 3.05) is 13.7 Å². The minimum absolute atomic E-state index is 0.0161. The van der Waals surface area contributed by atoms with Crippen LogP contribution in [0.5, 0.6) is 0 Å². The van der Waals surface area contributed by atoms with Gasteiger partial charge in [-0.25, -0.2) is 0 Å². The van der Waals surface area contributed by atoms with Gasteiger partial charge in [-0.15, -0.1) is 0 Å². The van der Waals surface area contributed by atoms with Gasteiger partial charge in [0.1, 0.15) is 6.26 Å². The lowest BCUT2D eigenvalue weighted by Crippen LogP contribution is -2.25. The van der Waals surface area contributed by atoms with E-state index in [-0.39, 0.29) is 11.8 Å². The van der Waals surface area contributed by atoms with Gasteiger partial charge in [-0.05, 0) is 12.5 Å². The van der Waals surface area contributed by atoms with Crippen LogP contribution in [0, 0.1) is 0 Å². The Morgan fingerprint density at radius 1 is 1.71 bits per heavy atom. The molecule has 2 N–H and O–H groups in total. The predicted octanol–water partition coefficient (Wildman–Crippen LogP) is 1.22. The molecule has 0 saturated heterocycles. The molecule has 1 heterocycles. The number of carbonyl (C=O) groups excluding carboxylic acids is 1. The summed E-state index contributed by atoms with van der Waals surface area (Å²) in [6.07, 6.45) is 3.95. The highest BCUT2D eigenvalue weighted by atomic mass is 16.5. The van der Waals surface area contributed by atoms with Gasteiger partial charge in [0.15, 0.2) is 5.78 Å². The zero-order chi connectivity index (χ0) is 10.4. The third-order valence-electron chi connectivity index (χ3n) is 1.98. The Kier molecular flexibility index (Phi) is 4.35. The quantitative estimate of drug-likeness (QED) is 0.696. The fraction of sp³-hybridized carbons (Fsp3) is 0.500. The van der Waals surface area contributed by atoms with E-state index in [1.165, 1.54) is 12.5 Å². The third kappa shape index (κ3) is 3.32. The summed E-state index contributed by atoms with van der Waals surface area (Å²) in [5, 5.41) is 0. The molecule has 0 spiro atoms. The lowest BCUT2D eigenvalue weighted by Gasteiger charge is -2.08. The molecule has 1 atom stereocenters. The summed E-state index contributed by atoms with van der Waals surface area (Å²) in [5.74, 6) is 0.0161. The molecular weight excluding hydrogens is 182 g/mol. The molecule has 0 amide bonds. The Balaban J connectivity index is 2.34. The van der Waals surface area contributed by atoms with Gasteiger partial charge in [-0.1, -0.05) is 0 Å². The maximum atomic E-state index is 11.5. The summed E-state index contributed by atoms with van der Waals surface area (Å²) in [4.78, 5) is 11.5. The maximum Gasteiger partial charge on any atom is 0.167 e. The van der Waals surface area contributed by atoms with Gasteiger partial charge in [0, 0.05) is 26.2 Å². The molecule has 0 saturated carbocycles. The summed E-state index contributed by atoms with van der Waals surface area (Å²) in [7, 11) is 1.62. The highest BCUT2D eigenvalue weighted by Gasteiger charge is 2.12. The predicted molar refractivity (Wildman–Crippen MR) is 52.1 cm³/mol. The van der Waals surface area contributed by atoms with Gasteiger partial charge < -0.3 is 14.9 Å². The van der Waals surface area contributed by atoms with Gasteiger partial charge in [-0.2, -0.15) is 0 Å². The van der Waals surface area contributed by atoms with E-state index in [1.807, 2.05) is 0 Å². The molecule has 0 aliphatic carbocycles. The second kappa shape index (κ2) is 5.57. The number of furan rings is 1. The van der Waals surface area contributed by atoms with Crippen molar-refractivity contribution in [1.29, 1.82) is 0 Å². The van der Waals surface area contributed by atoms with Crippen molar-refractivity contribution in [2.45, 2.75) is 18.9 Å². The SMILES string of the molecule is COCCC(N)CC(=O)c1ccoc1. The number of rotatable bonds is 6. The second-order valence-corrected chi connectivity index (χ2v) is 3.18. The highest BCUT2D eigenvalue weighted by Crippen LogP contribution is 2.06.